The van der Waals surface area contributed by atoms with Crippen molar-refractivity contribution in [2.24, 2.45) is 0 Å². The molecule has 3 heterocycles. The van der Waals surface area contributed by atoms with Crippen LogP contribution in [0.2, 0.25) is 0 Å². The zero-order chi connectivity index (χ0) is 25.9. The number of nitrogens with zero attached hydrogens (tertiary/aromatic N) is 4. The summed E-state index contributed by atoms with van der Waals surface area (Å²) in [5.74, 6) is -0.325. The van der Waals surface area contributed by atoms with E-state index in [0.29, 0.717) is 11.1 Å². The lowest BCUT2D eigenvalue weighted by atomic mass is 10.1. The summed E-state index contributed by atoms with van der Waals surface area (Å²) < 4.78 is 53.5. The van der Waals surface area contributed by atoms with Gasteiger partial charge in [0.15, 0.2) is 17.7 Å². The molecule has 6 N–H and O–H groups in total. The molecule has 1 fully saturated rings. The number of nitrogens with one attached hydrogen (secondary N) is 2. The Hall–Kier alpha value is -3.44. The zero-order valence-corrected chi connectivity index (χ0v) is 19.5. The highest BCUT2D eigenvalue weighted by atomic mass is 32.2. The quantitative estimate of drug-likeness (QED) is 0.238. The van der Waals surface area contributed by atoms with Gasteiger partial charge in [0.2, 0.25) is 0 Å². The molecule has 0 unspecified atom stereocenters. The Labute approximate surface area is 204 Å². The van der Waals surface area contributed by atoms with Crippen LogP contribution < -0.4 is 15.2 Å². The lowest BCUT2D eigenvalue weighted by Gasteiger charge is -2.16. The topological polar surface area (TPSA) is 204 Å². The van der Waals surface area contributed by atoms with Gasteiger partial charge in [-0.15, -0.1) is 0 Å². The molecule has 1 amide bonds. The molecule has 1 aromatic carbocycles. The second-order valence-corrected chi connectivity index (χ2v) is 9.39. The normalized spacial score (nSPS) is 22.1. The standard InChI is InChI=1S/C20H24FN7O7S/c21-12-4-2-1-3-11(12)6-8-34-20(31)27-36(32,33)26-7-5-13-15(29)16(30)19(35-13)28-10-25-14-17(22)23-9-24-18(14)28/h1-4,9-10,13,15-16,19,26,29-30H,5-8H2,(H,27,31)(H2,22,23,24)/t13-,15-,16-,19-/m1/s1. The first-order chi connectivity index (χ1) is 17.2. The summed E-state index contributed by atoms with van der Waals surface area (Å²) in [5.41, 5.74) is 6.67. The van der Waals surface area contributed by atoms with Gasteiger partial charge in [0, 0.05) is 13.0 Å². The number of hydrogen-bond donors (Lipinski definition) is 5. The molecule has 1 saturated heterocycles. The van der Waals surface area contributed by atoms with Gasteiger partial charge in [0.25, 0.3) is 0 Å². The van der Waals surface area contributed by atoms with Crippen molar-refractivity contribution >= 4 is 33.3 Å². The maximum atomic E-state index is 13.6. The summed E-state index contributed by atoms with van der Waals surface area (Å²) in [6, 6.07) is 5.93. The number of halogens is 1. The van der Waals surface area contributed by atoms with Gasteiger partial charge in [-0.3, -0.25) is 4.57 Å². The average Bonchev–Trinajstić information content (AvgIpc) is 3.37. The van der Waals surface area contributed by atoms with E-state index in [0.717, 1.165) is 0 Å². The van der Waals surface area contributed by atoms with Crippen LogP contribution in [-0.2, 0) is 26.1 Å². The molecule has 3 aromatic rings. The van der Waals surface area contributed by atoms with E-state index in [2.05, 4.69) is 19.7 Å². The molecule has 0 saturated carbocycles. The average molecular weight is 526 g/mol. The van der Waals surface area contributed by atoms with Crippen molar-refractivity contribution < 1.29 is 37.3 Å². The van der Waals surface area contributed by atoms with E-state index in [1.165, 1.54) is 35.4 Å². The van der Waals surface area contributed by atoms with Crippen molar-refractivity contribution in [1.29, 1.82) is 0 Å². The molecule has 0 bridgehead atoms. The highest BCUT2D eigenvalue weighted by Crippen LogP contribution is 2.33. The third kappa shape index (κ3) is 5.68. The number of aliphatic hydroxyl groups is 2. The second kappa shape index (κ2) is 10.7. The van der Waals surface area contributed by atoms with E-state index in [4.69, 9.17) is 15.2 Å². The van der Waals surface area contributed by atoms with Crippen molar-refractivity contribution in [3.63, 3.8) is 0 Å². The molecule has 4 atom stereocenters. The van der Waals surface area contributed by atoms with Crippen LogP contribution in [0.1, 0.15) is 18.2 Å². The van der Waals surface area contributed by atoms with Crippen molar-refractivity contribution in [2.45, 2.75) is 37.4 Å². The van der Waals surface area contributed by atoms with E-state index in [1.54, 1.807) is 10.8 Å². The number of anilines is 1. The zero-order valence-electron chi connectivity index (χ0n) is 18.7. The highest BCUT2D eigenvalue weighted by Gasteiger charge is 2.44. The van der Waals surface area contributed by atoms with Gasteiger partial charge in [-0.1, -0.05) is 18.2 Å². The highest BCUT2D eigenvalue weighted by molar-refractivity contribution is 7.88. The summed E-state index contributed by atoms with van der Waals surface area (Å²) in [4.78, 5) is 23.8. The minimum atomic E-state index is -4.29. The van der Waals surface area contributed by atoms with Crippen molar-refractivity contribution in [3.05, 3.63) is 48.3 Å². The molecule has 1 aliphatic rings. The Balaban J connectivity index is 1.25. The Morgan fingerprint density at radius 1 is 1.22 bits per heavy atom. The van der Waals surface area contributed by atoms with Crippen LogP contribution in [0.3, 0.4) is 0 Å². The summed E-state index contributed by atoms with van der Waals surface area (Å²) in [5, 5.41) is 20.8. The minimum Gasteiger partial charge on any atom is -0.448 e. The maximum Gasteiger partial charge on any atom is 0.421 e. The number of carbonyl (C=O) groups excluding carboxylic acids is 1. The van der Waals surface area contributed by atoms with Crippen LogP contribution in [0, 0.1) is 5.82 Å². The molecule has 1 aliphatic heterocycles. The molecule has 16 heteroatoms. The van der Waals surface area contributed by atoms with Crippen LogP contribution in [0.25, 0.3) is 11.2 Å². The van der Waals surface area contributed by atoms with Gasteiger partial charge in [-0.05, 0) is 18.1 Å². The molecule has 194 valence electrons. The minimum absolute atomic E-state index is 0.0400. The number of nitrogen functional groups attached to an aromatic ring is 1. The summed E-state index contributed by atoms with van der Waals surface area (Å²) in [6.07, 6.45) is -3.35. The number of amides is 1. The largest absolute Gasteiger partial charge is 0.448 e. The van der Waals surface area contributed by atoms with Crippen LogP contribution in [0.15, 0.2) is 36.9 Å². The Morgan fingerprint density at radius 2 is 2.00 bits per heavy atom. The fourth-order valence-electron chi connectivity index (χ4n) is 3.72. The van der Waals surface area contributed by atoms with E-state index in [9.17, 15) is 27.8 Å². The number of benzene rings is 1. The van der Waals surface area contributed by atoms with Crippen molar-refractivity contribution in [1.82, 2.24) is 29.0 Å². The number of carbonyl (C=O) groups is 1. The van der Waals surface area contributed by atoms with Crippen molar-refractivity contribution in [2.75, 3.05) is 18.9 Å². The molecular formula is C20H24FN7O7S. The van der Waals surface area contributed by atoms with Gasteiger partial charge >= 0.3 is 16.3 Å². The smallest absolute Gasteiger partial charge is 0.421 e. The Kier molecular flexibility index (Phi) is 7.60. The predicted molar refractivity (Wildman–Crippen MR) is 122 cm³/mol. The first kappa shape index (κ1) is 25.6. The molecule has 4 rings (SSSR count). The molecule has 36 heavy (non-hydrogen) atoms. The Bertz CT molecular complexity index is 1340. The van der Waals surface area contributed by atoms with E-state index in [-0.39, 0.29) is 37.5 Å². The monoisotopic (exact) mass is 525 g/mol. The van der Waals surface area contributed by atoms with E-state index in [1.807, 2.05) is 0 Å². The molecule has 0 spiro atoms. The number of fused-ring (bicyclic) bond motifs is 1. The number of ether oxygens (including phenoxy) is 2. The molecule has 14 nitrogen and oxygen atoms in total. The third-order valence-corrected chi connectivity index (χ3v) is 6.52. The van der Waals surface area contributed by atoms with Crippen LogP contribution in [-0.4, -0.2) is 75.7 Å². The second-order valence-electron chi connectivity index (χ2n) is 7.90. The van der Waals surface area contributed by atoms with Gasteiger partial charge in [-0.25, -0.2) is 28.9 Å². The number of hydrogen-bond acceptors (Lipinski definition) is 11. The fourth-order valence-corrected chi connectivity index (χ4v) is 4.46. The number of nitrogens with two attached hydrogens (primary N) is 1. The van der Waals surface area contributed by atoms with Crippen molar-refractivity contribution in [3.8, 4) is 0 Å². The maximum absolute atomic E-state index is 13.6. The van der Waals surface area contributed by atoms with E-state index >= 15 is 0 Å². The molecule has 2 aromatic heterocycles. The van der Waals surface area contributed by atoms with Crippen LogP contribution in [0.4, 0.5) is 15.0 Å². The lowest BCUT2D eigenvalue weighted by molar-refractivity contribution is -0.0363. The van der Waals surface area contributed by atoms with Gasteiger partial charge in [0.05, 0.1) is 19.0 Å². The van der Waals surface area contributed by atoms with E-state index < -0.39 is 46.7 Å². The molecule has 0 radical (unpaired) electrons. The summed E-state index contributed by atoms with van der Waals surface area (Å²) in [7, 11) is -4.29. The Morgan fingerprint density at radius 3 is 2.78 bits per heavy atom. The summed E-state index contributed by atoms with van der Waals surface area (Å²) >= 11 is 0. The predicted octanol–water partition coefficient (Wildman–Crippen LogP) is -0.640. The van der Waals surface area contributed by atoms with Crippen LogP contribution >= 0.6 is 0 Å². The molecule has 0 aliphatic carbocycles. The number of aliphatic hydroxyl groups excluding tert-OH is 2. The van der Waals surface area contributed by atoms with Gasteiger partial charge < -0.3 is 25.4 Å². The fraction of sp³-hybridized carbons (Fsp3) is 0.400. The van der Waals surface area contributed by atoms with Gasteiger partial charge in [-0.2, -0.15) is 13.1 Å². The lowest BCUT2D eigenvalue weighted by Crippen LogP contribution is -2.42. The number of imidazole rings is 1. The number of rotatable bonds is 9. The first-order valence-electron chi connectivity index (χ1n) is 10.8. The third-order valence-electron chi connectivity index (χ3n) is 5.50. The van der Waals surface area contributed by atoms with Gasteiger partial charge in [0.1, 0.15) is 29.9 Å². The molecular weight excluding hydrogens is 501 g/mol. The SMILES string of the molecule is Nc1ncnc2c1ncn2[C@@H]1O[C@H](CCNS(=O)(=O)NC(=O)OCCc2ccccc2F)[C@@H](O)[C@H]1O. The van der Waals surface area contributed by atoms with Crippen LogP contribution in [0.5, 0.6) is 0 Å². The number of aromatic nitrogens is 4. The summed E-state index contributed by atoms with van der Waals surface area (Å²) in [6.45, 7) is -0.470. The first-order valence-corrected chi connectivity index (χ1v) is 12.3.